The Labute approximate surface area is 139 Å². The fourth-order valence-corrected chi connectivity index (χ4v) is 2.90. The maximum absolute atomic E-state index is 12.1. The minimum absolute atomic E-state index is 0.0963. The second-order valence-electron chi connectivity index (χ2n) is 5.75. The number of carbonyl (C=O) groups is 1. The normalized spacial score (nSPS) is 15.1. The number of rotatable bonds is 4. The summed E-state index contributed by atoms with van der Waals surface area (Å²) in [5.74, 6) is 0.636. The Hall–Kier alpha value is -1.99. The molecule has 1 fully saturated rings. The minimum Gasteiger partial charge on any atom is -0.309 e. The number of hydrogen-bond acceptors (Lipinski definition) is 5. The summed E-state index contributed by atoms with van der Waals surface area (Å²) in [5.41, 5.74) is 1.77. The molecule has 0 atom stereocenters. The van der Waals surface area contributed by atoms with Crippen LogP contribution in [0.5, 0.6) is 0 Å². The number of carbonyl (C=O) groups excluding carboxylic acids is 1. The molecule has 2 aromatic rings. The molecule has 0 bridgehead atoms. The van der Waals surface area contributed by atoms with Crippen LogP contribution in [0.25, 0.3) is 5.95 Å². The van der Waals surface area contributed by atoms with E-state index in [1.165, 1.54) is 0 Å². The molecule has 1 N–H and O–H groups in total. The summed E-state index contributed by atoms with van der Waals surface area (Å²) in [6, 6.07) is 3.47. The molecule has 1 saturated heterocycles. The maximum atomic E-state index is 12.1. The fourth-order valence-electron chi connectivity index (χ4n) is 2.72. The zero-order valence-electron chi connectivity index (χ0n) is 13.2. The summed E-state index contributed by atoms with van der Waals surface area (Å²) in [6.45, 7) is 6.11. The van der Waals surface area contributed by atoms with E-state index in [2.05, 4.69) is 25.3 Å². The predicted octanol–water partition coefficient (Wildman–Crippen LogP) is 1.97. The van der Waals surface area contributed by atoms with Crippen LogP contribution in [-0.2, 0) is 4.79 Å². The third-order valence-electron chi connectivity index (χ3n) is 3.72. The first-order valence-electron chi connectivity index (χ1n) is 7.62. The number of hydrogen-bond donors (Lipinski definition) is 1. The van der Waals surface area contributed by atoms with Crippen LogP contribution in [0.3, 0.4) is 0 Å². The van der Waals surface area contributed by atoms with Crippen molar-refractivity contribution >= 4 is 23.3 Å². The van der Waals surface area contributed by atoms with Crippen molar-refractivity contribution in [3.63, 3.8) is 0 Å². The Bertz CT molecular complexity index is 723. The van der Waals surface area contributed by atoms with Crippen LogP contribution in [0.2, 0.25) is 5.15 Å². The maximum Gasteiger partial charge on any atom is 0.254 e. The molecular weight excluding hydrogens is 316 g/mol. The lowest BCUT2D eigenvalue weighted by Crippen LogP contribution is -2.31. The van der Waals surface area contributed by atoms with Crippen LogP contribution in [-0.4, -0.2) is 50.2 Å². The van der Waals surface area contributed by atoms with Crippen molar-refractivity contribution in [2.45, 2.75) is 26.7 Å². The van der Waals surface area contributed by atoms with Crippen molar-refractivity contribution in [2.75, 3.05) is 25.0 Å². The Kier molecular flexibility index (Phi) is 4.58. The van der Waals surface area contributed by atoms with Gasteiger partial charge in [0.25, 0.3) is 5.95 Å². The van der Waals surface area contributed by atoms with E-state index in [9.17, 15) is 4.79 Å². The highest BCUT2D eigenvalue weighted by Gasteiger charge is 2.16. The molecule has 1 amide bonds. The Morgan fingerprint density at radius 2 is 2.00 bits per heavy atom. The lowest BCUT2D eigenvalue weighted by atomic mass is 10.4. The molecule has 1 aliphatic heterocycles. The van der Waals surface area contributed by atoms with Gasteiger partial charge in [0.2, 0.25) is 5.91 Å². The second-order valence-corrected chi connectivity index (χ2v) is 6.13. The molecule has 3 rings (SSSR count). The highest BCUT2D eigenvalue weighted by atomic mass is 35.5. The van der Waals surface area contributed by atoms with E-state index in [1.807, 2.05) is 19.9 Å². The zero-order valence-corrected chi connectivity index (χ0v) is 14.0. The van der Waals surface area contributed by atoms with Gasteiger partial charge in [0, 0.05) is 11.8 Å². The molecule has 0 saturated carbocycles. The molecule has 23 heavy (non-hydrogen) atoms. The van der Waals surface area contributed by atoms with Crippen LogP contribution in [0, 0.1) is 13.8 Å². The fraction of sp³-hybridized carbons (Fsp3) is 0.467. The largest absolute Gasteiger partial charge is 0.309 e. The van der Waals surface area contributed by atoms with Gasteiger partial charge in [0.1, 0.15) is 11.0 Å². The van der Waals surface area contributed by atoms with Gasteiger partial charge in [-0.15, -0.1) is 0 Å². The van der Waals surface area contributed by atoms with E-state index >= 15 is 0 Å². The summed E-state index contributed by atoms with van der Waals surface area (Å²) in [5, 5.41) is 7.39. The topological polar surface area (TPSA) is 75.9 Å². The van der Waals surface area contributed by atoms with Gasteiger partial charge >= 0.3 is 0 Å². The molecule has 0 radical (unpaired) electrons. The smallest absolute Gasteiger partial charge is 0.254 e. The number of aryl methyl sites for hydroxylation is 2. The summed E-state index contributed by atoms with van der Waals surface area (Å²) in [6.07, 6.45) is 2.30. The Morgan fingerprint density at radius 1 is 1.26 bits per heavy atom. The van der Waals surface area contributed by atoms with Crippen LogP contribution >= 0.6 is 11.6 Å². The molecule has 0 aromatic carbocycles. The van der Waals surface area contributed by atoms with Gasteiger partial charge in [-0.2, -0.15) is 15.1 Å². The van der Waals surface area contributed by atoms with Gasteiger partial charge in [-0.3, -0.25) is 9.69 Å². The number of halogens is 1. The minimum atomic E-state index is -0.0963. The van der Waals surface area contributed by atoms with E-state index in [-0.39, 0.29) is 11.1 Å². The van der Waals surface area contributed by atoms with Crippen LogP contribution in [0.15, 0.2) is 12.1 Å². The van der Waals surface area contributed by atoms with Gasteiger partial charge < -0.3 is 5.32 Å². The lowest BCUT2D eigenvalue weighted by Gasteiger charge is -2.14. The first-order chi connectivity index (χ1) is 11.0. The molecule has 0 aliphatic carbocycles. The van der Waals surface area contributed by atoms with Crippen molar-refractivity contribution < 1.29 is 4.79 Å². The zero-order chi connectivity index (χ0) is 16.4. The monoisotopic (exact) mass is 334 g/mol. The van der Waals surface area contributed by atoms with Crippen molar-refractivity contribution in [3.05, 3.63) is 28.7 Å². The first-order valence-corrected chi connectivity index (χ1v) is 7.99. The molecule has 0 spiro atoms. The van der Waals surface area contributed by atoms with Gasteiger partial charge in [-0.1, -0.05) is 11.6 Å². The standard InChI is InChI=1S/C15H19ClN6O/c1-10-7-11(2)22(20-10)15-17-12(16)8-13(19-15)18-14(23)9-21-5-3-4-6-21/h7-8H,3-6,9H2,1-2H3,(H,17,18,19,23). The third-order valence-corrected chi connectivity index (χ3v) is 3.91. The van der Waals surface area contributed by atoms with Crippen molar-refractivity contribution in [2.24, 2.45) is 0 Å². The van der Waals surface area contributed by atoms with Crippen molar-refractivity contribution in [1.29, 1.82) is 0 Å². The summed E-state index contributed by atoms with van der Waals surface area (Å²) < 4.78 is 1.61. The van der Waals surface area contributed by atoms with Gasteiger partial charge in [0.15, 0.2) is 0 Å². The molecule has 122 valence electrons. The van der Waals surface area contributed by atoms with Crippen LogP contribution in [0.1, 0.15) is 24.2 Å². The van der Waals surface area contributed by atoms with Gasteiger partial charge in [-0.05, 0) is 45.8 Å². The molecule has 8 heteroatoms. The number of anilines is 1. The lowest BCUT2D eigenvalue weighted by molar-refractivity contribution is -0.117. The first kappa shape index (κ1) is 15.9. The number of likely N-dealkylation sites (tertiary alicyclic amines) is 1. The Balaban J connectivity index is 1.77. The highest BCUT2D eigenvalue weighted by Crippen LogP contribution is 2.16. The van der Waals surface area contributed by atoms with Gasteiger partial charge in [-0.25, -0.2) is 4.68 Å². The average molecular weight is 335 g/mol. The van der Waals surface area contributed by atoms with Crippen LogP contribution < -0.4 is 5.32 Å². The number of aromatic nitrogens is 4. The number of nitrogens with one attached hydrogen (secondary N) is 1. The molecule has 1 aliphatic rings. The number of amides is 1. The predicted molar refractivity (Wildman–Crippen MR) is 87.9 cm³/mol. The molecule has 3 heterocycles. The van der Waals surface area contributed by atoms with Gasteiger partial charge in [0.05, 0.1) is 12.2 Å². The molecule has 0 unspecified atom stereocenters. The van der Waals surface area contributed by atoms with Crippen molar-refractivity contribution in [1.82, 2.24) is 24.6 Å². The van der Waals surface area contributed by atoms with E-state index in [1.54, 1.807) is 10.7 Å². The van der Waals surface area contributed by atoms with Crippen LogP contribution in [0.4, 0.5) is 5.82 Å². The summed E-state index contributed by atoms with van der Waals surface area (Å²) >= 11 is 6.06. The molecule has 2 aromatic heterocycles. The quantitative estimate of drug-likeness (QED) is 0.865. The molecular formula is C15H19ClN6O. The molecule has 7 nitrogen and oxygen atoms in total. The summed E-state index contributed by atoms with van der Waals surface area (Å²) in [4.78, 5) is 22.8. The van der Waals surface area contributed by atoms with E-state index < -0.39 is 0 Å². The Morgan fingerprint density at radius 3 is 2.65 bits per heavy atom. The number of nitrogens with zero attached hydrogens (tertiary/aromatic N) is 5. The SMILES string of the molecule is Cc1cc(C)n(-c2nc(Cl)cc(NC(=O)CN3CCCC3)n2)n1. The van der Waals surface area contributed by atoms with E-state index in [0.29, 0.717) is 18.3 Å². The highest BCUT2D eigenvalue weighted by molar-refractivity contribution is 6.29. The van der Waals surface area contributed by atoms with Crippen molar-refractivity contribution in [3.8, 4) is 5.95 Å². The van der Waals surface area contributed by atoms with E-state index in [0.717, 1.165) is 37.3 Å². The summed E-state index contributed by atoms with van der Waals surface area (Å²) in [7, 11) is 0. The second kappa shape index (κ2) is 6.64. The van der Waals surface area contributed by atoms with E-state index in [4.69, 9.17) is 11.6 Å². The average Bonchev–Trinajstić information content (AvgIpc) is 3.07. The third kappa shape index (κ3) is 3.86.